The van der Waals surface area contributed by atoms with Crippen LogP contribution in [0.15, 0.2) is 18.2 Å². The SMILES string of the molecule is Nc1cc(N(Cl)CC(O)CO)ccc1[N+](=O)[O-]. The Morgan fingerprint density at radius 2 is 2.24 bits per heavy atom. The van der Waals surface area contributed by atoms with Crippen molar-refractivity contribution in [3.8, 4) is 0 Å². The Morgan fingerprint density at radius 1 is 1.59 bits per heavy atom. The first kappa shape index (κ1) is 13.5. The molecule has 0 bridgehead atoms. The molecule has 4 N–H and O–H groups in total. The molecule has 0 aliphatic carbocycles. The maximum atomic E-state index is 10.5. The fourth-order valence-electron chi connectivity index (χ4n) is 1.21. The highest BCUT2D eigenvalue weighted by atomic mass is 35.5. The van der Waals surface area contributed by atoms with Gasteiger partial charge in [-0.1, -0.05) is 0 Å². The number of nitrogens with zero attached hydrogens (tertiary/aromatic N) is 2. The smallest absolute Gasteiger partial charge is 0.292 e. The molecule has 7 nitrogen and oxygen atoms in total. The third-order valence-electron chi connectivity index (χ3n) is 2.07. The molecule has 0 spiro atoms. The van der Waals surface area contributed by atoms with Crippen LogP contribution in [0.25, 0.3) is 0 Å². The van der Waals surface area contributed by atoms with Gasteiger partial charge in [-0.15, -0.1) is 0 Å². The summed E-state index contributed by atoms with van der Waals surface area (Å²) in [6, 6.07) is 3.96. The van der Waals surface area contributed by atoms with Crippen LogP contribution in [0.5, 0.6) is 0 Å². The molecule has 17 heavy (non-hydrogen) atoms. The van der Waals surface area contributed by atoms with Crippen LogP contribution in [0.4, 0.5) is 17.1 Å². The highest BCUT2D eigenvalue weighted by molar-refractivity contribution is 6.25. The lowest BCUT2D eigenvalue weighted by molar-refractivity contribution is -0.383. The molecule has 1 atom stereocenters. The van der Waals surface area contributed by atoms with Gasteiger partial charge in [-0.3, -0.25) is 14.5 Å². The van der Waals surface area contributed by atoms with Gasteiger partial charge < -0.3 is 15.9 Å². The Balaban J connectivity index is 2.86. The van der Waals surface area contributed by atoms with Crippen LogP contribution in [-0.2, 0) is 0 Å². The Morgan fingerprint density at radius 3 is 2.71 bits per heavy atom. The van der Waals surface area contributed by atoms with Crippen molar-refractivity contribution in [2.75, 3.05) is 23.3 Å². The van der Waals surface area contributed by atoms with Gasteiger partial charge in [-0.05, 0) is 12.1 Å². The van der Waals surface area contributed by atoms with E-state index in [1.165, 1.54) is 18.2 Å². The van der Waals surface area contributed by atoms with E-state index in [9.17, 15) is 15.2 Å². The Hall–Kier alpha value is -1.57. The summed E-state index contributed by atoms with van der Waals surface area (Å²) in [7, 11) is 0. The van der Waals surface area contributed by atoms with Crippen molar-refractivity contribution in [3.05, 3.63) is 28.3 Å². The van der Waals surface area contributed by atoms with Gasteiger partial charge >= 0.3 is 0 Å². The molecule has 0 aliphatic heterocycles. The number of nitrogen functional groups attached to an aromatic ring is 1. The van der Waals surface area contributed by atoms with Gasteiger partial charge in [0.2, 0.25) is 0 Å². The van der Waals surface area contributed by atoms with Crippen molar-refractivity contribution in [2.45, 2.75) is 6.10 Å². The fourth-order valence-corrected chi connectivity index (χ4v) is 1.47. The first-order valence-electron chi connectivity index (χ1n) is 4.72. The van der Waals surface area contributed by atoms with Crippen molar-refractivity contribution in [2.24, 2.45) is 0 Å². The number of aliphatic hydroxyl groups is 2. The van der Waals surface area contributed by atoms with Gasteiger partial charge in [0.15, 0.2) is 0 Å². The predicted molar refractivity (Wildman–Crippen MR) is 63.8 cm³/mol. The molecule has 0 heterocycles. The van der Waals surface area contributed by atoms with Gasteiger partial charge in [0.25, 0.3) is 5.69 Å². The summed E-state index contributed by atoms with van der Waals surface area (Å²) < 4.78 is 1.13. The summed E-state index contributed by atoms with van der Waals surface area (Å²) in [5.41, 5.74) is 5.67. The zero-order chi connectivity index (χ0) is 13.0. The number of benzene rings is 1. The van der Waals surface area contributed by atoms with Crippen LogP contribution in [0.3, 0.4) is 0 Å². The molecule has 0 saturated heterocycles. The van der Waals surface area contributed by atoms with Crippen LogP contribution < -0.4 is 10.2 Å². The number of nitrogens with two attached hydrogens (primary N) is 1. The largest absolute Gasteiger partial charge is 0.394 e. The molecule has 0 aromatic heterocycles. The number of halogens is 1. The monoisotopic (exact) mass is 261 g/mol. The van der Waals surface area contributed by atoms with E-state index in [0.29, 0.717) is 5.69 Å². The minimum absolute atomic E-state index is 0.0170. The molecule has 0 saturated carbocycles. The minimum Gasteiger partial charge on any atom is -0.394 e. The molecule has 0 fully saturated rings. The standard InChI is InChI=1S/C9H12ClN3O4/c10-12(4-7(15)5-14)6-1-2-9(13(16)17)8(11)3-6/h1-3,7,14-15H,4-5,11H2. The molecular weight excluding hydrogens is 250 g/mol. The van der Waals surface area contributed by atoms with Gasteiger partial charge in [0, 0.05) is 17.8 Å². The second-order valence-electron chi connectivity index (χ2n) is 3.38. The summed E-state index contributed by atoms with van der Waals surface area (Å²) in [5.74, 6) is 0. The molecule has 0 radical (unpaired) electrons. The molecule has 1 aromatic rings. The average molecular weight is 262 g/mol. The van der Waals surface area contributed by atoms with E-state index in [1.54, 1.807) is 0 Å². The number of aliphatic hydroxyl groups excluding tert-OH is 2. The van der Waals surface area contributed by atoms with Crippen LogP contribution in [0.2, 0.25) is 0 Å². The highest BCUT2D eigenvalue weighted by Crippen LogP contribution is 2.27. The first-order chi connectivity index (χ1) is 7.95. The number of hydrogen-bond acceptors (Lipinski definition) is 6. The van der Waals surface area contributed by atoms with Crippen molar-refractivity contribution >= 4 is 28.8 Å². The molecule has 0 amide bonds. The van der Waals surface area contributed by atoms with Gasteiger partial charge in [-0.25, -0.2) is 0 Å². The average Bonchev–Trinajstić information content (AvgIpc) is 2.28. The zero-order valence-corrected chi connectivity index (χ0v) is 9.54. The van der Waals surface area contributed by atoms with Crippen molar-refractivity contribution in [1.82, 2.24) is 0 Å². The third-order valence-corrected chi connectivity index (χ3v) is 2.40. The van der Waals surface area contributed by atoms with E-state index in [-0.39, 0.29) is 17.9 Å². The number of rotatable bonds is 5. The lowest BCUT2D eigenvalue weighted by Gasteiger charge is -2.18. The Kier molecular flexibility index (Phi) is 4.50. The number of nitro groups is 1. The summed E-state index contributed by atoms with van der Waals surface area (Å²) in [5, 5.41) is 28.4. The second-order valence-corrected chi connectivity index (χ2v) is 3.79. The van der Waals surface area contributed by atoms with E-state index in [0.717, 1.165) is 4.42 Å². The molecule has 1 unspecified atom stereocenters. The molecule has 1 rings (SSSR count). The third kappa shape index (κ3) is 3.45. The maximum Gasteiger partial charge on any atom is 0.292 e. The second kappa shape index (κ2) is 5.67. The zero-order valence-electron chi connectivity index (χ0n) is 8.78. The number of anilines is 2. The van der Waals surface area contributed by atoms with E-state index >= 15 is 0 Å². The van der Waals surface area contributed by atoms with Crippen molar-refractivity contribution in [3.63, 3.8) is 0 Å². The summed E-state index contributed by atoms with van der Waals surface area (Å²) >= 11 is 5.82. The predicted octanol–water partition coefficient (Wildman–Crippen LogP) is 0.490. The van der Waals surface area contributed by atoms with E-state index in [4.69, 9.17) is 22.6 Å². The van der Waals surface area contributed by atoms with E-state index in [1.807, 2.05) is 0 Å². The fraction of sp³-hybridized carbons (Fsp3) is 0.333. The molecule has 8 heteroatoms. The Labute approximate surface area is 102 Å². The summed E-state index contributed by atoms with van der Waals surface area (Å²) in [6.45, 7) is -0.443. The van der Waals surface area contributed by atoms with Gasteiger partial charge in [0.05, 0.1) is 29.9 Å². The van der Waals surface area contributed by atoms with Gasteiger partial charge in [0.1, 0.15) is 5.69 Å². The molecule has 94 valence electrons. The number of nitro benzene ring substituents is 1. The first-order valence-corrected chi connectivity index (χ1v) is 5.05. The maximum absolute atomic E-state index is 10.5. The van der Waals surface area contributed by atoms with Crippen LogP contribution in [-0.4, -0.2) is 34.4 Å². The molecular formula is C9H12ClN3O4. The molecule has 1 aromatic carbocycles. The lowest BCUT2D eigenvalue weighted by atomic mass is 10.2. The van der Waals surface area contributed by atoms with Crippen LogP contribution in [0, 0.1) is 10.1 Å². The normalized spacial score (nSPS) is 12.2. The van der Waals surface area contributed by atoms with Crippen LogP contribution >= 0.6 is 11.8 Å². The van der Waals surface area contributed by atoms with E-state index < -0.39 is 17.6 Å². The van der Waals surface area contributed by atoms with Crippen LogP contribution in [0.1, 0.15) is 0 Å². The van der Waals surface area contributed by atoms with E-state index in [2.05, 4.69) is 0 Å². The van der Waals surface area contributed by atoms with Crippen molar-refractivity contribution < 1.29 is 15.1 Å². The summed E-state index contributed by atoms with van der Waals surface area (Å²) in [4.78, 5) is 9.94. The number of hydrogen-bond donors (Lipinski definition) is 3. The Bertz CT molecular complexity index is 415. The lowest BCUT2D eigenvalue weighted by Crippen LogP contribution is -2.27. The van der Waals surface area contributed by atoms with Crippen molar-refractivity contribution in [1.29, 1.82) is 0 Å². The summed E-state index contributed by atoms with van der Waals surface area (Å²) in [6.07, 6.45) is -0.996. The highest BCUT2D eigenvalue weighted by Gasteiger charge is 2.15. The quantitative estimate of drug-likeness (QED) is 0.308. The molecule has 0 aliphatic rings. The minimum atomic E-state index is -0.996. The topological polar surface area (TPSA) is 113 Å². The van der Waals surface area contributed by atoms with Gasteiger partial charge in [-0.2, -0.15) is 0 Å².